The number of benzene rings is 2. The molecule has 0 spiro atoms. The average Bonchev–Trinajstić information content (AvgIpc) is 2.74. The van der Waals surface area contributed by atoms with Crippen molar-refractivity contribution in [2.24, 2.45) is 5.73 Å². The minimum atomic E-state index is 0.670. The van der Waals surface area contributed by atoms with Crippen LogP contribution < -0.4 is 11.1 Å². The summed E-state index contributed by atoms with van der Waals surface area (Å²) in [5.74, 6) is 0. The van der Waals surface area contributed by atoms with E-state index in [1.54, 1.807) is 0 Å². The third kappa shape index (κ3) is 1.38. The van der Waals surface area contributed by atoms with Crippen molar-refractivity contribution in [3.05, 3.63) is 41.5 Å². The van der Waals surface area contributed by atoms with Crippen LogP contribution in [0.25, 0.3) is 10.8 Å². The van der Waals surface area contributed by atoms with Crippen LogP contribution in [0.5, 0.6) is 0 Å². The Kier molecular flexibility index (Phi) is 2.29. The number of aryl methyl sites for hydroxylation is 2. The van der Waals surface area contributed by atoms with Crippen LogP contribution >= 0.6 is 0 Å². The highest BCUT2D eigenvalue weighted by molar-refractivity contribution is 5.99. The first-order valence-electron chi connectivity index (χ1n) is 5.87. The first kappa shape index (κ1) is 9.67. The lowest BCUT2D eigenvalue weighted by Crippen LogP contribution is -2.13. The molecule has 2 aromatic carbocycles. The van der Waals surface area contributed by atoms with Crippen LogP contribution in [0.2, 0.25) is 0 Å². The van der Waals surface area contributed by atoms with Crippen LogP contribution in [0.1, 0.15) is 11.1 Å². The number of nitrogens with one attached hydrogen (secondary N) is 1. The van der Waals surface area contributed by atoms with E-state index in [-0.39, 0.29) is 0 Å². The summed E-state index contributed by atoms with van der Waals surface area (Å²) in [5, 5.41) is 6.21. The van der Waals surface area contributed by atoms with Gasteiger partial charge in [0, 0.05) is 24.2 Å². The minimum Gasteiger partial charge on any atom is -0.383 e. The molecule has 0 unspecified atom stereocenters. The second-order valence-electron chi connectivity index (χ2n) is 4.33. The monoisotopic (exact) mass is 212 g/mol. The lowest BCUT2D eigenvalue weighted by Gasteiger charge is -2.10. The van der Waals surface area contributed by atoms with Gasteiger partial charge in [0.2, 0.25) is 0 Å². The van der Waals surface area contributed by atoms with Crippen molar-refractivity contribution in [3.8, 4) is 0 Å². The molecule has 0 heterocycles. The molecule has 2 heteroatoms. The summed E-state index contributed by atoms with van der Waals surface area (Å²) in [5.41, 5.74) is 9.73. The molecular weight excluding hydrogens is 196 g/mol. The molecule has 16 heavy (non-hydrogen) atoms. The second-order valence-corrected chi connectivity index (χ2v) is 4.33. The van der Waals surface area contributed by atoms with Gasteiger partial charge in [-0.05, 0) is 35.4 Å². The highest BCUT2D eigenvalue weighted by atomic mass is 14.9. The summed E-state index contributed by atoms with van der Waals surface area (Å²) in [6.07, 6.45) is 2.38. The maximum absolute atomic E-state index is 5.53. The molecule has 0 fully saturated rings. The zero-order valence-electron chi connectivity index (χ0n) is 9.29. The molecule has 0 radical (unpaired) electrons. The quantitative estimate of drug-likeness (QED) is 0.819. The van der Waals surface area contributed by atoms with Gasteiger partial charge in [-0.3, -0.25) is 0 Å². The fourth-order valence-electron chi connectivity index (χ4n) is 2.61. The normalized spacial score (nSPS) is 13.3. The van der Waals surface area contributed by atoms with E-state index < -0.39 is 0 Å². The Morgan fingerprint density at radius 3 is 2.69 bits per heavy atom. The van der Waals surface area contributed by atoms with Crippen LogP contribution in [0, 0.1) is 0 Å². The van der Waals surface area contributed by atoms with Gasteiger partial charge in [0.15, 0.2) is 0 Å². The molecule has 1 aliphatic carbocycles. The Hall–Kier alpha value is -1.54. The van der Waals surface area contributed by atoms with Crippen LogP contribution in [-0.2, 0) is 12.8 Å². The van der Waals surface area contributed by atoms with E-state index in [1.165, 1.54) is 40.4 Å². The van der Waals surface area contributed by atoms with Crippen LogP contribution in [0.15, 0.2) is 30.3 Å². The lowest BCUT2D eigenvalue weighted by molar-refractivity contribution is 1.02. The largest absolute Gasteiger partial charge is 0.383 e. The Balaban J connectivity index is 2.18. The van der Waals surface area contributed by atoms with Gasteiger partial charge in [0.1, 0.15) is 0 Å². The van der Waals surface area contributed by atoms with E-state index in [0.29, 0.717) is 6.54 Å². The van der Waals surface area contributed by atoms with Crippen molar-refractivity contribution in [3.63, 3.8) is 0 Å². The molecule has 82 valence electrons. The van der Waals surface area contributed by atoms with E-state index in [2.05, 4.69) is 35.6 Å². The fourth-order valence-corrected chi connectivity index (χ4v) is 2.61. The van der Waals surface area contributed by atoms with E-state index in [0.717, 1.165) is 6.54 Å². The third-order valence-electron chi connectivity index (χ3n) is 3.34. The van der Waals surface area contributed by atoms with Gasteiger partial charge in [0.25, 0.3) is 0 Å². The number of hydrogen-bond acceptors (Lipinski definition) is 2. The van der Waals surface area contributed by atoms with Crippen molar-refractivity contribution in [2.75, 3.05) is 18.4 Å². The summed E-state index contributed by atoms with van der Waals surface area (Å²) in [6.45, 7) is 1.50. The molecule has 0 aromatic heterocycles. The van der Waals surface area contributed by atoms with Crippen LogP contribution in [0.4, 0.5) is 5.69 Å². The molecule has 0 amide bonds. The number of hydrogen-bond donors (Lipinski definition) is 2. The summed E-state index contributed by atoms with van der Waals surface area (Å²) in [7, 11) is 0. The first-order chi connectivity index (χ1) is 7.90. The molecule has 2 aromatic rings. The highest BCUT2D eigenvalue weighted by Crippen LogP contribution is 2.34. The molecule has 3 N–H and O–H groups in total. The van der Waals surface area contributed by atoms with E-state index in [1.807, 2.05) is 0 Å². The van der Waals surface area contributed by atoms with E-state index >= 15 is 0 Å². The van der Waals surface area contributed by atoms with E-state index in [4.69, 9.17) is 5.73 Å². The molecule has 0 saturated carbocycles. The zero-order valence-corrected chi connectivity index (χ0v) is 9.29. The molecule has 1 aliphatic rings. The molecule has 3 rings (SSSR count). The molecule has 0 atom stereocenters. The van der Waals surface area contributed by atoms with Gasteiger partial charge < -0.3 is 11.1 Å². The van der Waals surface area contributed by atoms with Crippen molar-refractivity contribution in [2.45, 2.75) is 12.8 Å². The van der Waals surface area contributed by atoms with Gasteiger partial charge in [0.05, 0.1) is 0 Å². The average molecular weight is 212 g/mol. The number of anilines is 1. The molecule has 2 nitrogen and oxygen atoms in total. The van der Waals surface area contributed by atoms with Crippen molar-refractivity contribution in [1.82, 2.24) is 0 Å². The fraction of sp³-hybridized carbons (Fsp3) is 0.286. The van der Waals surface area contributed by atoms with Gasteiger partial charge in [-0.15, -0.1) is 0 Å². The summed E-state index contributed by atoms with van der Waals surface area (Å²) < 4.78 is 0. The summed E-state index contributed by atoms with van der Waals surface area (Å²) in [6, 6.07) is 11.0. The van der Waals surface area contributed by atoms with Gasteiger partial charge in [-0.2, -0.15) is 0 Å². The minimum absolute atomic E-state index is 0.670. The zero-order chi connectivity index (χ0) is 11.0. The lowest BCUT2D eigenvalue weighted by atomic mass is 10.0. The topological polar surface area (TPSA) is 38.0 Å². The Morgan fingerprint density at radius 2 is 1.88 bits per heavy atom. The van der Waals surface area contributed by atoms with Gasteiger partial charge in [-0.1, -0.05) is 24.3 Å². The second kappa shape index (κ2) is 3.80. The van der Waals surface area contributed by atoms with Crippen LogP contribution in [-0.4, -0.2) is 13.1 Å². The smallest absolute Gasteiger partial charge is 0.0420 e. The summed E-state index contributed by atoms with van der Waals surface area (Å²) >= 11 is 0. The Morgan fingerprint density at radius 1 is 1.06 bits per heavy atom. The Labute approximate surface area is 95.5 Å². The maximum Gasteiger partial charge on any atom is 0.0420 e. The number of nitrogens with two attached hydrogens (primary N) is 1. The van der Waals surface area contributed by atoms with Crippen molar-refractivity contribution >= 4 is 16.5 Å². The van der Waals surface area contributed by atoms with Crippen molar-refractivity contribution < 1.29 is 0 Å². The SMILES string of the molecule is NCCNc1ccc2c3c(cccc13)CC2. The standard InChI is InChI=1S/C14H16N2/c15-8-9-16-13-7-6-11-5-4-10-2-1-3-12(13)14(10)11/h1-3,6-7,16H,4-5,8-9,15H2. The summed E-state index contributed by atoms with van der Waals surface area (Å²) in [4.78, 5) is 0. The molecule has 0 saturated heterocycles. The number of rotatable bonds is 3. The highest BCUT2D eigenvalue weighted by Gasteiger charge is 2.15. The van der Waals surface area contributed by atoms with Gasteiger partial charge in [-0.25, -0.2) is 0 Å². The van der Waals surface area contributed by atoms with Crippen LogP contribution in [0.3, 0.4) is 0 Å². The van der Waals surface area contributed by atoms with E-state index in [9.17, 15) is 0 Å². The van der Waals surface area contributed by atoms with Crippen molar-refractivity contribution in [1.29, 1.82) is 0 Å². The molecule has 0 aliphatic heterocycles. The Bertz CT molecular complexity index is 521. The van der Waals surface area contributed by atoms with Gasteiger partial charge >= 0.3 is 0 Å². The predicted molar refractivity (Wildman–Crippen MR) is 68.9 cm³/mol. The predicted octanol–water partition coefficient (Wildman–Crippen LogP) is 2.31. The molecule has 0 bridgehead atoms. The third-order valence-corrected chi connectivity index (χ3v) is 3.34. The maximum atomic E-state index is 5.53. The first-order valence-corrected chi connectivity index (χ1v) is 5.87. The molecular formula is C14H16N2.